The number of halogens is 1. The summed E-state index contributed by atoms with van der Waals surface area (Å²) in [6, 6.07) is 0.447. The molecule has 2 fully saturated rings. The maximum atomic E-state index is 13.6. The third-order valence-electron chi connectivity index (χ3n) is 8.54. The van der Waals surface area contributed by atoms with E-state index in [1.165, 1.54) is 0 Å². The van der Waals surface area contributed by atoms with Gasteiger partial charge in [-0.3, -0.25) is 9.37 Å². The van der Waals surface area contributed by atoms with Crippen LogP contribution in [0.4, 0.5) is 0 Å². The Morgan fingerprint density at radius 1 is 1.23 bits per heavy atom. The highest BCUT2D eigenvalue weighted by Crippen LogP contribution is 2.45. The Bertz CT molecular complexity index is 848. The van der Waals surface area contributed by atoms with Gasteiger partial charge in [-0.05, 0) is 57.8 Å². The van der Waals surface area contributed by atoms with Crippen LogP contribution in [-0.4, -0.2) is 58.9 Å². The number of ether oxygens (including phenoxy) is 3. The van der Waals surface area contributed by atoms with E-state index in [-0.39, 0.29) is 48.3 Å². The Kier molecular flexibility index (Phi) is 8.09. The molecule has 0 saturated carbocycles. The minimum atomic E-state index is -0.726. The second-order valence-electron chi connectivity index (χ2n) is 11.6. The van der Waals surface area contributed by atoms with Gasteiger partial charge in [0.25, 0.3) is 0 Å². The summed E-state index contributed by atoms with van der Waals surface area (Å²) in [6.45, 7) is 9.11. The molecule has 198 valence electrons. The summed E-state index contributed by atoms with van der Waals surface area (Å²) in [6.07, 6.45) is 14.4. The molecule has 5 heterocycles. The molecule has 5 rings (SSSR count). The lowest BCUT2D eigenvalue weighted by Gasteiger charge is -2.50. The molecule has 0 aromatic heterocycles. The molecule has 0 bridgehead atoms. The molecular formula is C27H44ClN3O4. The van der Waals surface area contributed by atoms with E-state index >= 15 is 0 Å². The van der Waals surface area contributed by atoms with E-state index in [9.17, 15) is 4.79 Å². The number of rotatable bonds is 5. The van der Waals surface area contributed by atoms with Gasteiger partial charge in [0.05, 0.1) is 30.9 Å². The molecule has 8 heteroatoms. The van der Waals surface area contributed by atoms with Gasteiger partial charge in [-0.2, -0.15) is 0 Å². The van der Waals surface area contributed by atoms with Crippen LogP contribution < -0.4 is 23.0 Å². The number of carbonyl (C=O) groups excluding carboxylic acids is 1. The number of carbonyl (C=O) groups is 1. The number of nitrogens with one attached hydrogen (secondary N) is 2. The zero-order valence-corrected chi connectivity index (χ0v) is 22.6. The number of hydrogen-bond donors (Lipinski definition) is 2. The SMILES string of the molecule is CC[C@H]1C=CCC[C@@]2(C[C@@H]3CC[C@@H]4[C@H](C(=O)OCCC(C)C)[C@]5(CCC[C@@H](C)O5)NC(=[N+]34)N2)O1.[Cl-]. The van der Waals surface area contributed by atoms with Gasteiger partial charge in [0.15, 0.2) is 11.6 Å². The Morgan fingerprint density at radius 3 is 2.80 bits per heavy atom. The molecule has 0 aromatic carbocycles. The van der Waals surface area contributed by atoms with Crippen molar-refractivity contribution in [1.29, 1.82) is 0 Å². The zero-order chi connectivity index (χ0) is 23.9. The first-order chi connectivity index (χ1) is 16.3. The van der Waals surface area contributed by atoms with Crippen LogP contribution in [0, 0.1) is 11.8 Å². The molecule has 5 aliphatic rings. The number of esters is 1. The van der Waals surface area contributed by atoms with E-state index in [0.29, 0.717) is 18.6 Å². The molecule has 5 aliphatic heterocycles. The molecule has 7 nitrogen and oxygen atoms in total. The number of nitrogens with zero attached hydrogens (tertiary/aromatic N) is 1. The molecule has 0 radical (unpaired) electrons. The molecule has 2 spiro atoms. The van der Waals surface area contributed by atoms with Crippen LogP contribution in [0.1, 0.15) is 91.9 Å². The van der Waals surface area contributed by atoms with Gasteiger partial charge in [0, 0.05) is 19.3 Å². The van der Waals surface area contributed by atoms with E-state index < -0.39 is 5.72 Å². The van der Waals surface area contributed by atoms with E-state index in [4.69, 9.17) is 14.2 Å². The van der Waals surface area contributed by atoms with Crippen LogP contribution in [0.5, 0.6) is 0 Å². The highest BCUT2D eigenvalue weighted by molar-refractivity contribution is 5.82. The van der Waals surface area contributed by atoms with E-state index in [2.05, 4.69) is 55.1 Å². The topological polar surface area (TPSA) is 71.8 Å². The number of allylic oxidation sites excluding steroid dienone is 1. The number of hydrogen-bond acceptors (Lipinski definition) is 6. The summed E-state index contributed by atoms with van der Waals surface area (Å²) in [5.41, 5.74) is -1.11. The summed E-state index contributed by atoms with van der Waals surface area (Å²) >= 11 is 0. The van der Waals surface area contributed by atoms with Crippen molar-refractivity contribution in [3.05, 3.63) is 12.2 Å². The van der Waals surface area contributed by atoms with Crippen molar-refractivity contribution in [2.45, 2.75) is 128 Å². The van der Waals surface area contributed by atoms with Crippen molar-refractivity contribution in [2.75, 3.05) is 6.61 Å². The Balaban J connectivity index is 0.00000289. The predicted octanol–water partition coefficient (Wildman–Crippen LogP) is 0.819. The highest BCUT2D eigenvalue weighted by Gasteiger charge is 2.64. The first-order valence-corrected chi connectivity index (χ1v) is 13.8. The third-order valence-corrected chi connectivity index (χ3v) is 8.54. The Labute approximate surface area is 216 Å². The van der Waals surface area contributed by atoms with Gasteiger partial charge in [0.1, 0.15) is 0 Å². The summed E-state index contributed by atoms with van der Waals surface area (Å²) in [4.78, 5) is 13.6. The monoisotopic (exact) mass is 509 g/mol. The predicted molar refractivity (Wildman–Crippen MR) is 130 cm³/mol. The maximum absolute atomic E-state index is 13.6. The van der Waals surface area contributed by atoms with Crippen LogP contribution in [-0.2, 0) is 19.0 Å². The van der Waals surface area contributed by atoms with Gasteiger partial charge in [-0.1, -0.05) is 32.9 Å². The minimum absolute atomic E-state index is 0. The maximum Gasteiger partial charge on any atom is 0.350 e. The minimum Gasteiger partial charge on any atom is -1.00 e. The molecule has 0 amide bonds. The van der Waals surface area contributed by atoms with Crippen molar-refractivity contribution in [2.24, 2.45) is 11.8 Å². The van der Waals surface area contributed by atoms with E-state index in [1.807, 2.05) is 0 Å². The molecule has 0 aliphatic carbocycles. The average Bonchev–Trinajstić information content (AvgIpc) is 3.08. The molecular weight excluding hydrogens is 466 g/mol. The Hall–Kier alpha value is -1.31. The largest absolute Gasteiger partial charge is 1.00 e. The van der Waals surface area contributed by atoms with Crippen molar-refractivity contribution < 1.29 is 36.0 Å². The van der Waals surface area contributed by atoms with Crippen LogP contribution >= 0.6 is 0 Å². The number of guanidine groups is 1. The van der Waals surface area contributed by atoms with Gasteiger partial charge >= 0.3 is 11.9 Å². The molecule has 2 N–H and O–H groups in total. The first-order valence-electron chi connectivity index (χ1n) is 13.8. The molecule has 0 unspecified atom stereocenters. The smallest absolute Gasteiger partial charge is 0.350 e. The van der Waals surface area contributed by atoms with E-state index in [1.54, 1.807) is 0 Å². The van der Waals surface area contributed by atoms with Crippen LogP contribution in [0.2, 0.25) is 0 Å². The zero-order valence-electron chi connectivity index (χ0n) is 21.9. The highest BCUT2D eigenvalue weighted by atomic mass is 35.5. The van der Waals surface area contributed by atoms with Crippen molar-refractivity contribution in [3.8, 4) is 0 Å². The normalized spacial score (nSPS) is 40.1. The fourth-order valence-electron chi connectivity index (χ4n) is 6.88. The second kappa shape index (κ2) is 10.6. The molecule has 0 aromatic rings. The summed E-state index contributed by atoms with van der Waals surface area (Å²) in [7, 11) is 0. The van der Waals surface area contributed by atoms with Crippen molar-refractivity contribution in [1.82, 2.24) is 10.6 Å². The lowest BCUT2D eigenvalue weighted by atomic mass is 9.80. The first kappa shape index (κ1) is 26.7. The third kappa shape index (κ3) is 5.10. The van der Waals surface area contributed by atoms with Gasteiger partial charge in [0.2, 0.25) is 5.72 Å². The fraction of sp³-hybridized carbons (Fsp3) is 0.852. The van der Waals surface area contributed by atoms with Crippen LogP contribution in [0.25, 0.3) is 0 Å². The standard InChI is InChI=1S/C27H43N3O4.ClH/c1-5-21-10-6-7-14-26(34-21)17-20-11-12-22-23(24(31)32-16-13-18(2)3)27(15-8-9-19(4)33-27)29-25(28-26)30(20)22;/h6,10,18-23H,5,7-9,11-17H2,1-4H3,(H,28,29);1H/t19-,20+,21+,22-,23-,26+,27-;/m1./s1. The quantitative estimate of drug-likeness (QED) is 0.325. The Morgan fingerprint density at radius 2 is 2.06 bits per heavy atom. The van der Waals surface area contributed by atoms with Gasteiger partial charge < -0.3 is 26.6 Å². The lowest BCUT2D eigenvalue weighted by Crippen LogP contribution is -3.00. The molecule has 7 atom stereocenters. The summed E-state index contributed by atoms with van der Waals surface area (Å²) < 4.78 is 21.7. The van der Waals surface area contributed by atoms with Crippen molar-refractivity contribution in [3.63, 3.8) is 0 Å². The second-order valence-corrected chi connectivity index (χ2v) is 11.6. The lowest BCUT2D eigenvalue weighted by molar-refractivity contribution is -0.609. The van der Waals surface area contributed by atoms with Crippen LogP contribution in [0.15, 0.2) is 12.2 Å². The van der Waals surface area contributed by atoms with Crippen molar-refractivity contribution >= 4 is 11.9 Å². The average molecular weight is 510 g/mol. The van der Waals surface area contributed by atoms with Gasteiger partial charge in [-0.25, -0.2) is 10.6 Å². The molecule has 35 heavy (non-hydrogen) atoms. The summed E-state index contributed by atoms with van der Waals surface area (Å²) in [5, 5.41) is 7.58. The fourth-order valence-corrected chi connectivity index (χ4v) is 6.88. The molecule has 2 saturated heterocycles. The van der Waals surface area contributed by atoms with Crippen LogP contribution in [0.3, 0.4) is 0 Å². The van der Waals surface area contributed by atoms with E-state index in [0.717, 1.165) is 70.2 Å². The summed E-state index contributed by atoms with van der Waals surface area (Å²) in [5.74, 6) is 1.08. The van der Waals surface area contributed by atoms with Gasteiger partial charge in [-0.15, -0.1) is 0 Å².